The third kappa shape index (κ3) is 1.78. The first kappa shape index (κ1) is 9.93. The van der Waals surface area contributed by atoms with E-state index >= 15 is 0 Å². The molecule has 0 aliphatic carbocycles. The highest BCUT2D eigenvalue weighted by Gasteiger charge is 1.99. The van der Waals surface area contributed by atoms with E-state index in [-0.39, 0.29) is 12.4 Å². The predicted molar refractivity (Wildman–Crippen MR) is 59.9 cm³/mol. The number of aromatic amines is 1. The fraction of sp³-hybridized carbons (Fsp3) is 0.200. The highest BCUT2D eigenvalue weighted by Crippen LogP contribution is 2.19. The van der Waals surface area contributed by atoms with Crippen molar-refractivity contribution >= 4 is 29.1 Å². The van der Waals surface area contributed by atoms with Crippen LogP contribution in [0.2, 0.25) is 0 Å². The van der Waals surface area contributed by atoms with Crippen LogP contribution >= 0.6 is 12.4 Å². The van der Waals surface area contributed by atoms with Crippen molar-refractivity contribution in [2.24, 2.45) is 0 Å². The van der Waals surface area contributed by atoms with Crippen LogP contribution in [0.3, 0.4) is 0 Å². The molecule has 2 aromatic rings. The zero-order chi connectivity index (χ0) is 8.55. The lowest BCUT2D eigenvalue weighted by Crippen LogP contribution is -2.08. The van der Waals surface area contributed by atoms with Gasteiger partial charge in [-0.15, -0.1) is 12.4 Å². The van der Waals surface area contributed by atoms with Crippen LogP contribution in [0.25, 0.3) is 10.9 Å². The van der Waals surface area contributed by atoms with Gasteiger partial charge in [-0.3, -0.25) is 0 Å². The second-order valence-corrected chi connectivity index (χ2v) is 3.14. The molecule has 0 bridgehead atoms. The minimum atomic E-state index is 0. The maximum atomic E-state index is 3.32. The molecule has 70 valence electrons. The van der Waals surface area contributed by atoms with Crippen LogP contribution in [0.15, 0.2) is 30.3 Å². The average molecular weight is 197 g/mol. The third-order valence-electron chi connectivity index (χ3n) is 2.00. The van der Waals surface area contributed by atoms with E-state index in [4.69, 9.17) is 0 Å². The summed E-state index contributed by atoms with van der Waals surface area (Å²) in [6.45, 7) is 0. The normalized spacial score (nSPS) is 9.69. The van der Waals surface area contributed by atoms with Gasteiger partial charge in [0.15, 0.2) is 0 Å². The van der Waals surface area contributed by atoms with Gasteiger partial charge in [0.25, 0.3) is 0 Å². The molecule has 0 unspecified atom stereocenters. The summed E-state index contributed by atoms with van der Waals surface area (Å²) in [7, 11) is 4.06. The van der Waals surface area contributed by atoms with Crippen molar-refractivity contribution in [1.82, 2.24) is 4.98 Å². The lowest BCUT2D eigenvalue weighted by Gasteiger charge is -2.07. The molecule has 2 rings (SSSR count). The minimum Gasteiger partial charge on any atom is -0.364 e. The number of hydrogen-bond donors (Lipinski definition) is 1. The number of hydrogen-bond acceptors (Lipinski definition) is 1. The summed E-state index contributed by atoms with van der Waals surface area (Å²) >= 11 is 0. The van der Waals surface area contributed by atoms with Gasteiger partial charge in [-0.1, -0.05) is 18.2 Å². The first-order chi connectivity index (χ1) is 5.77. The maximum Gasteiger partial charge on any atom is 0.106 e. The van der Waals surface area contributed by atoms with E-state index in [9.17, 15) is 0 Å². The van der Waals surface area contributed by atoms with Gasteiger partial charge in [-0.2, -0.15) is 0 Å². The van der Waals surface area contributed by atoms with Gasteiger partial charge in [-0.05, 0) is 12.1 Å². The van der Waals surface area contributed by atoms with Crippen LogP contribution in [0.1, 0.15) is 0 Å². The van der Waals surface area contributed by atoms with Crippen molar-refractivity contribution < 1.29 is 0 Å². The molecule has 0 fully saturated rings. The average Bonchev–Trinajstić information content (AvgIpc) is 2.46. The number of benzene rings is 1. The van der Waals surface area contributed by atoms with Gasteiger partial charge in [-0.25, -0.2) is 0 Å². The molecule has 2 nitrogen and oxygen atoms in total. The molecule has 0 saturated carbocycles. The van der Waals surface area contributed by atoms with Gasteiger partial charge in [0.2, 0.25) is 0 Å². The SMILES string of the molecule is CN(C)c1cc2ccccc2[nH]1.Cl. The first-order valence-electron chi connectivity index (χ1n) is 4.02. The van der Waals surface area contributed by atoms with Crippen molar-refractivity contribution in [3.05, 3.63) is 30.3 Å². The summed E-state index contributed by atoms with van der Waals surface area (Å²) in [4.78, 5) is 5.39. The van der Waals surface area contributed by atoms with E-state index in [0.717, 1.165) is 5.82 Å². The summed E-state index contributed by atoms with van der Waals surface area (Å²) in [5, 5.41) is 1.27. The Morgan fingerprint density at radius 1 is 1.15 bits per heavy atom. The van der Waals surface area contributed by atoms with Gasteiger partial charge < -0.3 is 9.88 Å². The van der Waals surface area contributed by atoms with Crippen LogP contribution in [-0.4, -0.2) is 19.1 Å². The molecule has 13 heavy (non-hydrogen) atoms. The molecule has 0 aliphatic rings. The largest absolute Gasteiger partial charge is 0.364 e. The van der Waals surface area contributed by atoms with E-state index in [2.05, 4.69) is 34.1 Å². The predicted octanol–water partition coefficient (Wildman–Crippen LogP) is 2.66. The molecule has 0 spiro atoms. The molecular formula is C10H13ClN2. The van der Waals surface area contributed by atoms with E-state index in [1.165, 1.54) is 10.9 Å². The second kappa shape index (κ2) is 3.71. The summed E-state index contributed by atoms with van der Waals surface area (Å²) in [6, 6.07) is 10.4. The molecule has 3 heteroatoms. The molecular weight excluding hydrogens is 184 g/mol. The van der Waals surface area contributed by atoms with Crippen molar-refractivity contribution in [2.45, 2.75) is 0 Å². The number of anilines is 1. The number of halogens is 1. The molecule has 0 aliphatic heterocycles. The Balaban J connectivity index is 0.000000845. The van der Waals surface area contributed by atoms with Crippen LogP contribution in [0.5, 0.6) is 0 Å². The Labute approximate surface area is 84.0 Å². The molecule has 1 N–H and O–H groups in total. The number of aromatic nitrogens is 1. The first-order valence-corrected chi connectivity index (χ1v) is 4.02. The zero-order valence-corrected chi connectivity index (χ0v) is 8.56. The maximum absolute atomic E-state index is 3.32. The number of fused-ring (bicyclic) bond motifs is 1. The van der Waals surface area contributed by atoms with E-state index in [0.29, 0.717) is 0 Å². The van der Waals surface area contributed by atoms with Crippen LogP contribution in [-0.2, 0) is 0 Å². The van der Waals surface area contributed by atoms with Crippen molar-refractivity contribution in [3.63, 3.8) is 0 Å². The summed E-state index contributed by atoms with van der Waals surface area (Å²) in [6.07, 6.45) is 0. The molecule has 1 aromatic heterocycles. The lowest BCUT2D eigenvalue weighted by atomic mass is 10.2. The van der Waals surface area contributed by atoms with Gasteiger partial charge in [0, 0.05) is 25.0 Å². The number of nitrogens with one attached hydrogen (secondary N) is 1. The van der Waals surface area contributed by atoms with Crippen LogP contribution < -0.4 is 4.90 Å². The topological polar surface area (TPSA) is 19.0 Å². The Kier molecular flexibility index (Phi) is 2.83. The van der Waals surface area contributed by atoms with E-state index in [1.807, 2.05) is 20.2 Å². The monoisotopic (exact) mass is 196 g/mol. The highest BCUT2D eigenvalue weighted by atomic mass is 35.5. The number of para-hydroxylation sites is 1. The van der Waals surface area contributed by atoms with Crippen molar-refractivity contribution in [1.29, 1.82) is 0 Å². The van der Waals surface area contributed by atoms with Gasteiger partial charge in [0.1, 0.15) is 5.82 Å². The third-order valence-corrected chi connectivity index (χ3v) is 2.00. The van der Waals surface area contributed by atoms with Crippen LogP contribution in [0.4, 0.5) is 5.82 Å². The smallest absolute Gasteiger partial charge is 0.106 e. The Morgan fingerprint density at radius 3 is 2.46 bits per heavy atom. The summed E-state index contributed by atoms with van der Waals surface area (Å²) in [5.41, 5.74) is 1.20. The number of nitrogens with zero attached hydrogens (tertiary/aromatic N) is 1. The zero-order valence-electron chi connectivity index (χ0n) is 7.74. The fourth-order valence-corrected chi connectivity index (χ4v) is 1.30. The Bertz CT molecular complexity index is 359. The van der Waals surface area contributed by atoms with Crippen molar-refractivity contribution in [2.75, 3.05) is 19.0 Å². The van der Waals surface area contributed by atoms with Gasteiger partial charge >= 0.3 is 0 Å². The van der Waals surface area contributed by atoms with E-state index < -0.39 is 0 Å². The molecule has 0 atom stereocenters. The number of rotatable bonds is 1. The van der Waals surface area contributed by atoms with Crippen molar-refractivity contribution in [3.8, 4) is 0 Å². The highest BCUT2D eigenvalue weighted by molar-refractivity contribution is 5.85. The lowest BCUT2D eigenvalue weighted by molar-refractivity contribution is 1.09. The molecule has 1 aromatic carbocycles. The van der Waals surface area contributed by atoms with Gasteiger partial charge in [0.05, 0.1) is 0 Å². The van der Waals surface area contributed by atoms with E-state index in [1.54, 1.807) is 0 Å². The fourth-order valence-electron chi connectivity index (χ4n) is 1.30. The minimum absolute atomic E-state index is 0. The van der Waals surface area contributed by atoms with Crippen LogP contribution in [0, 0.1) is 0 Å². The Hall–Kier alpha value is -1.15. The number of H-pyrrole nitrogens is 1. The standard InChI is InChI=1S/C10H12N2.ClH/c1-12(2)10-7-8-5-3-4-6-9(8)11-10;/h3-7,11H,1-2H3;1H. The molecule has 0 amide bonds. The summed E-state index contributed by atoms with van der Waals surface area (Å²) in [5.74, 6) is 1.15. The summed E-state index contributed by atoms with van der Waals surface area (Å²) < 4.78 is 0. The molecule has 1 heterocycles. The quantitative estimate of drug-likeness (QED) is 0.743. The molecule has 0 saturated heterocycles. The molecule has 0 radical (unpaired) electrons. The second-order valence-electron chi connectivity index (χ2n) is 3.14. The Morgan fingerprint density at radius 2 is 1.85 bits per heavy atom.